The van der Waals surface area contributed by atoms with Crippen LogP contribution in [0.1, 0.15) is 13.3 Å². The van der Waals surface area contributed by atoms with Gasteiger partial charge in [0.05, 0.1) is 0 Å². The number of rotatable bonds is 3. The van der Waals surface area contributed by atoms with Gasteiger partial charge in [-0.05, 0) is 19.5 Å². The standard InChI is InChI=1S/C8H17BrN2.2BrH/c1-2-11-4-3-8(5-9,6-10)7-11;;/h2-7,10H2,1H3;2*1H. The first-order chi connectivity index (χ1) is 5.26. The fourth-order valence-corrected chi connectivity index (χ4v) is 2.31. The predicted octanol–water partition coefficient (Wildman–Crippen LogP) is 2.21. The number of halogens is 3. The Labute approximate surface area is 110 Å². The highest BCUT2D eigenvalue weighted by atomic mass is 79.9. The summed E-state index contributed by atoms with van der Waals surface area (Å²) in [4.78, 5) is 2.47. The maximum Gasteiger partial charge on any atom is 0.0113 e. The van der Waals surface area contributed by atoms with E-state index in [1.807, 2.05) is 0 Å². The predicted molar refractivity (Wildman–Crippen MR) is 72.7 cm³/mol. The van der Waals surface area contributed by atoms with Gasteiger partial charge in [-0.3, -0.25) is 0 Å². The lowest BCUT2D eigenvalue weighted by atomic mass is 9.90. The highest BCUT2D eigenvalue weighted by molar-refractivity contribution is 9.09. The van der Waals surface area contributed by atoms with Crippen LogP contribution >= 0.6 is 49.9 Å². The zero-order valence-electron chi connectivity index (χ0n) is 7.96. The molecule has 0 spiro atoms. The van der Waals surface area contributed by atoms with Crippen molar-refractivity contribution in [1.29, 1.82) is 0 Å². The van der Waals surface area contributed by atoms with E-state index in [4.69, 9.17) is 5.73 Å². The van der Waals surface area contributed by atoms with Crippen LogP contribution in [0.4, 0.5) is 0 Å². The monoisotopic (exact) mass is 380 g/mol. The van der Waals surface area contributed by atoms with Crippen molar-refractivity contribution in [2.75, 3.05) is 31.5 Å². The summed E-state index contributed by atoms with van der Waals surface area (Å²) in [5.74, 6) is 0. The van der Waals surface area contributed by atoms with Crippen LogP contribution in [-0.2, 0) is 0 Å². The summed E-state index contributed by atoms with van der Waals surface area (Å²) in [5, 5.41) is 1.05. The van der Waals surface area contributed by atoms with E-state index in [9.17, 15) is 0 Å². The first kappa shape index (κ1) is 16.8. The first-order valence-corrected chi connectivity index (χ1v) is 5.37. The SMILES string of the molecule is Br.Br.CCN1CCC(CN)(CBr)C1. The lowest BCUT2D eigenvalue weighted by molar-refractivity contribution is 0.296. The van der Waals surface area contributed by atoms with Gasteiger partial charge in [0.25, 0.3) is 0 Å². The second kappa shape index (κ2) is 7.63. The summed E-state index contributed by atoms with van der Waals surface area (Å²) in [5.41, 5.74) is 6.11. The van der Waals surface area contributed by atoms with Crippen molar-refractivity contribution in [2.24, 2.45) is 11.1 Å². The molecule has 5 heteroatoms. The molecule has 0 aromatic heterocycles. The molecule has 2 N–H and O–H groups in total. The zero-order valence-corrected chi connectivity index (χ0v) is 13.0. The summed E-state index contributed by atoms with van der Waals surface area (Å²) < 4.78 is 0. The van der Waals surface area contributed by atoms with Crippen LogP contribution in [0.2, 0.25) is 0 Å². The van der Waals surface area contributed by atoms with Crippen molar-refractivity contribution in [1.82, 2.24) is 4.90 Å². The van der Waals surface area contributed by atoms with Gasteiger partial charge in [-0.1, -0.05) is 22.9 Å². The Morgan fingerprint density at radius 3 is 2.31 bits per heavy atom. The molecule has 1 saturated heterocycles. The molecule has 1 rings (SSSR count). The molecule has 1 unspecified atom stereocenters. The van der Waals surface area contributed by atoms with E-state index in [0.29, 0.717) is 5.41 Å². The van der Waals surface area contributed by atoms with E-state index >= 15 is 0 Å². The van der Waals surface area contributed by atoms with Gasteiger partial charge in [0, 0.05) is 23.8 Å². The van der Waals surface area contributed by atoms with Crippen LogP contribution in [0.5, 0.6) is 0 Å². The molecule has 1 aliphatic rings. The molecule has 13 heavy (non-hydrogen) atoms. The van der Waals surface area contributed by atoms with Crippen LogP contribution in [0.15, 0.2) is 0 Å². The van der Waals surface area contributed by atoms with E-state index in [2.05, 4.69) is 27.8 Å². The lowest BCUT2D eigenvalue weighted by Crippen LogP contribution is -2.35. The van der Waals surface area contributed by atoms with E-state index < -0.39 is 0 Å². The van der Waals surface area contributed by atoms with Crippen LogP contribution in [0.25, 0.3) is 0 Å². The van der Waals surface area contributed by atoms with Crippen molar-refractivity contribution >= 4 is 49.9 Å². The summed E-state index contributed by atoms with van der Waals surface area (Å²) >= 11 is 3.54. The summed E-state index contributed by atoms with van der Waals surface area (Å²) in [6, 6.07) is 0. The molecule has 0 saturated carbocycles. The van der Waals surface area contributed by atoms with Gasteiger partial charge in [-0.25, -0.2) is 0 Å². The number of alkyl halides is 1. The highest BCUT2D eigenvalue weighted by Gasteiger charge is 2.34. The number of nitrogens with zero attached hydrogens (tertiary/aromatic N) is 1. The van der Waals surface area contributed by atoms with Crippen molar-refractivity contribution in [3.8, 4) is 0 Å². The number of hydrogen-bond acceptors (Lipinski definition) is 2. The van der Waals surface area contributed by atoms with Crippen LogP contribution < -0.4 is 5.73 Å². The topological polar surface area (TPSA) is 29.3 Å². The molecule has 0 amide bonds. The maximum atomic E-state index is 5.74. The fraction of sp³-hybridized carbons (Fsp3) is 1.00. The molecule has 82 valence electrons. The third kappa shape index (κ3) is 4.16. The van der Waals surface area contributed by atoms with E-state index in [1.54, 1.807) is 0 Å². The maximum absolute atomic E-state index is 5.74. The molecule has 2 nitrogen and oxygen atoms in total. The van der Waals surface area contributed by atoms with Gasteiger partial charge in [-0.2, -0.15) is 0 Å². The molecule has 1 heterocycles. The fourth-order valence-electron chi connectivity index (χ4n) is 1.63. The van der Waals surface area contributed by atoms with Gasteiger partial charge in [0.1, 0.15) is 0 Å². The smallest absolute Gasteiger partial charge is 0.0113 e. The zero-order chi connectivity index (χ0) is 8.32. The minimum absolute atomic E-state index is 0. The van der Waals surface area contributed by atoms with Crippen molar-refractivity contribution in [3.63, 3.8) is 0 Å². The first-order valence-electron chi connectivity index (χ1n) is 4.25. The second-order valence-electron chi connectivity index (χ2n) is 3.46. The Bertz CT molecular complexity index is 129. The number of likely N-dealkylation sites (tertiary alicyclic amines) is 1. The Balaban J connectivity index is 0. The minimum atomic E-state index is 0. The van der Waals surface area contributed by atoms with Crippen molar-refractivity contribution in [3.05, 3.63) is 0 Å². The Hall–Kier alpha value is 1.36. The third-order valence-corrected chi connectivity index (χ3v) is 3.87. The summed E-state index contributed by atoms with van der Waals surface area (Å²) in [6.07, 6.45) is 1.25. The molecule has 0 aromatic rings. The van der Waals surface area contributed by atoms with Crippen LogP contribution in [0, 0.1) is 5.41 Å². The Kier molecular flexibility index (Phi) is 9.84. The third-order valence-electron chi connectivity index (χ3n) is 2.68. The molecule has 1 aliphatic heterocycles. The summed E-state index contributed by atoms with van der Waals surface area (Å²) in [7, 11) is 0. The molecule has 0 aromatic carbocycles. The average Bonchev–Trinajstić information content (AvgIpc) is 2.49. The molecule has 0 radical (unpaired) electrons. The van der Waals surface area contributed by atoms with E-state index in [-0.39, 0.29) is 34.0 Å². The molecule has 0 aliphatic carbocycles. The quantitative estimate of drug-likeness (QED) is 0.758. The minimum Gasteiger partial charge on any atom is -0.330 e. The lowest BCUT2D eigenvalue weighted by Gasteiger charge is -2.24. The van der Waals surface area contributed by atoms with Gasteiger partial charge in [0.2, 0.25) is 0 Å². The van der Waals surface area contributed by atoms with Gasteiger partial charge in [0.15, 0.2) is 0 Å². The number of nitrogens with two attached hydrogens (primary N) is 1. The largest absolute Gasteiger partial charge is 0.330 e. The van der Waals surface area contributed by atoms with Gasteiger partial charge >= 0.3 is 0 Å². The van der Waals surface area contributed by atoms with Gasteiger partial charge in [-0.15, -0.1) is 34.0 Å². The number of hydrogen-bond donors (Lipinski definition) is 1. The normalized spacial score (nSPS) is 27.9. The average molecular weight is 383 g/mol. The van der Waals surface area contributed by atoms with E-state index in [0.717, 1.165) is 18.4 Å². The summed E-state index contributed by atoms with van der Waals surface area (Å²) in [6.45, 7) is 6.58. The molecule has 1 fully saturated rings. The Morgan fingerprint density at radius 2 is 2.08 bits per heavy atom. The second-order valence-corrected chi connectivity index (χ2v) is 4.02. The molecular formula is C8H19Br3N2. The molecule has 0 bridgehead atoms. The van der Waals surface area contributed by atoms with Crippen LogP contribution in [-0.4, -0.2) is 36.4 Å². The van der Waals surface area contributed by atoms with Gasteiger partial charge < -0.3 is 10.6 Å². The van der Waals surface area contributed by atoms with Crippen molar-refractivity contribution in [2.45, 2.75) is 13.3 Å². The Morgan fingerprint density at radius 1 is 1.46 bits per heavy atom. The van der Waals surface area contributed by atoms with Crippen LogP contribution in [0.3, 0.4) is 0 Å². The molecular weight excluding hydrogens is 364 g/mol. The highest BCUT2D eigenvalue weighted by Crippen LogP contribution is 2.30. The van der Waals surface area contributed by atoms with E-state index in [1.165, 1.54) is 19.5 Å². The van der Waals surface area contributed by atoms with Crippen molar-refractivity contribution < 1.29 is 0 Å². The molecule has 1 atom stereocenters.